The molecule has 1 heteroatoms. The minimum Gasteiger partial charge on any atom is -0.0791 e. The molecule has 0 nitrogen and oxygen atoms in total. The Morgan fingerprint density at radius 3 is 1.77 bits per heavy atom. The normalized spacial score (nSPS) is 13.4. The van der Waals surface area contributed by atoms with Crippen LogP contribution in [-0.4, -0.2) is 8.07 Å². The van der Waals surface area contributed by atoms with Gasteiger partial charge in [0.2, 0.25) is 0 Å². The average molecular weight is 309 g/mol. The molecule has 0 radical (unpaired) electrons. The molecule has 0 aliphatic rings. The highest BCUT2D eigenvalue weighted by atomic mass is 28.3. The molecule has 0 saturated carbocycles. The van der Waals surface area contributed by atoms with Crippen LogP contribution in [0.15, 0.2) is 66.7 Å². The molecule has 22 heavy (non-hydrogen) atoms. The van der Waals surface area contributed by atoms with Gasteiger partial charge in [0, 0.05) is 0 Å². The van der Waals surface area contributed by atoms with Gasteiger partial charge in [0.05, 0.1) is 8.07 Å². The molecular weight excluding hydrogens is 280 g/mol. The molecule has 0 fully saturated rings. The molecule has 0 bridgehead atoms. The van der Waals surface area contributed by atoms with Crippen LogP contribution in [0.25, 0.3) is 6.08 Å². The highest BCUT2D eigenvalue weighted by Gasteiger charge is 2.35. The molecule has 0 aromatic heterocycles. The summed E-state index contributed by atoms with van der Waals surface area (Å²) in [6.07, 6.45) is 4.80. The standard InChI is InChI=1S/C21H28Si/c1-4-22(5-2,6-3)21(20-15-11-8-12-16-20)18-17-19-13-9-7-10-14-19/h7-18,21H,4-6H2,1-3H3/b18-17+/t21-/m1/s1. The maximum absolute atomic E-state index is 2.48. The first kappa shape index (κ1) is 16.8. The van der Waals surface area contributed by atoms with E-state index in [0.717, 1.165) is 0 Å². The van der Waals surface area contributed by atoms with E-state index in [1.165, 1.54) is 29.3 Å². The van der Waals surface area contributed by atoms with Gasteiger partial charge in [-0.15, -0.1) is 0 Å². The largest absolute Gasteiger partial charge is 0.0791 e. The molecule has 0 spiro atoms. The SMILES string of the molecule is CC[Si](CC)(CC)[C@H](/C=C/c1ccccc1)c1ccccc1. The Bertz CT molecular complexity index is 559. The summed E-state index contributed by atoms with van der Waals surface area (Å²) in [6, 6.07) is 25.8. The summed E-state index contributed by atoms with van der Waals surface area (Å²) < 4.78 is 0. The monoisotopic (exact) mass is 308 g/mol. The molecule has 2 aromatic carbocycles. The van der Waals surface area contributed by atoms with Crippen molar-refractivity contribution >= 4 is 14.1 Å². The Morgan fingerprint density at radius 1 is 0.773 bits per heavy atom. The predicted molar refractivity (Wildman–Crippen MR) is 102 cm³/mol. The Hall–Kier alpha value is -1.60. The van der Waals surface area contributed by atoms with Crippen LogP contribution in [0.3, 0.4) is 0 Å². The van der Waals surface area contributed by atoms with Crippen molar-refractivity contribution in [3.05, 3.63) is 77.9 Å². The lowest BCUT2D eigenvalue weighted by molar-refractivity contribution is 1.02. The van der Waals surface area contributed by atoms with Gasteiger partial charge in [0.15, 0.2) is 0 Å². The first-order valence-corrected chi connectivity index (χ1v) is 11.2. The lowest BCUT2D eigenvalue weighted by Crippen LogP contribution is -2.38. The fraction of sp³-hybridized carbons (Fsp3) is 0.333. The first-order chi connectivity index (χ1) is 10.8. The molecule has 0 saturated heterocycles. The number of allylic oxidation sites excluding steroid dienone is 1. The van der Waals surface area contributed by atoms with Crippen molar-refractivity contribution < 1.29 is 0 Å². The van der Waals surface area contributed by atoms with Gasteiger partial charge in [0.25, 0.3) is 0 Å². The minimum absolute atomic E-state index is 0.605. The number of benzene rings is 2. The topological polar surface area (TPSA) is 0 Å². The van der Waals surface area contributed by atoms with Crippen LogP contribution in [-0.2, 0) is 0 Å². The number of hydrogen-bond donors (Lipinski definition) is 0. The van der Waals surface area contributed by atoms with Gasteiger partial charge in [-0.2, -0.15) is 0 Å². The maximum atomic E-state index is 2.48. The molecule has 0 heterocycles. The number of hydrogen-bond acceptors (Lipinski definition) is 0. The van der Waals surface area contributed by atoms with Crippen LogP contribution in [0, 0.1) is 0 Å². The highest BCUT2D eigenvalue weighted by Crippen LogP contribution is 2.37. The lowest BCUT2D eigenvalue weighted by atomic mass is 10.1. The fourth-order valence-corrected chi connectivity index (χ4v) is 7.73. The smallest absolute Gasteiger partial charge is 0.0649 e. The van der Waals surface area contributed by atoms with Crippen LogP contribution in [0.5, 0.6) is 0 Å². The van der Waals surface area contributed by atoms with Gasteiger partial charge < -0.3 is 0 Å². The van der Waals surface area contributed by atoms with E-state index in [0.29, 0.717) is 5.54 Å². The summed E-state index contributed by atoms with van der Waals surface area (Å²) in [5.41, 5.74) is 3.40. The van der Waals surface area contributed by atoms with Crippen molar-refractivity contribution in [2.45, 2.75) is 44.4 Å². The zero-order valence-corrected chi connectivity index (χ0v) is 15.1. The summed E-state index contributed by atoms with van der Waals surface area (Å²) in [4.78, 5) is 0. The Labute approximate surface area is 136 Å². The third-order valence-corrected chi connectivity index (χ3v) is 11.3. The van der Waals surface area contributed by atoms with Crippen molar-refractivity contribution in [2.24, 2.45) is 0 Å². The molecule has 2 aromatic rings. The van der Waals surface area contributed by atoms with Gasteiger partial charge in [-0.1, -0.05) is 112 Å². The quantitative estimate of drug-likeness (QED) is 0.510. The molecule has 2 rings (SSSR count). The van der Waals surface area contributed by atoms with Crippen LogP contribution in [0.4, 0.5) is 0 Å². The maximum Gasteiger partial charge on any atom is 0.0649 e. The van der Waals surface area contributed by atoms with E-state index in [2.05, 4.69) is 93.6 Å². The summed E-state index contributed by atoms with van der Waals surface area (Å²) in [7, 11) is -1.33. The van der Waals surface area contributed by atoms with E-state index in [-0.39, 0.29) is 0 Å². The molecule has 0 N–H and O–H groups in total. The fourth-order valence-electron chi connectivity index (χ4n) is 3.51. The summed E-state index contributed by atoms with van der Waals surface area (Å²) in [5, 5.41) is 0. The van der Waals surface area contributed by atoms with E-state index in [9.17, 15) is 0 Å². The summed E-state index contributed by atoms with van der Waals surface area (Å²) >= 11 is 0. The van der Waals surface area contributed by atoms with Gasteiger partial charge in [0.1, 0.15) is 0 Å². The van der Waals surface area contributed by atoms with Crippen molar-refractivity contribution in [3.63, 3.8) is 0 Å². The Kier molecular flexibility index (Phi) is 6.20. The first-order valence-electron chi connectivity index (χ1n) is 8.54. The zero-order valence-electron chi connectivity index (χ0n) is 14.1. The van der Waals surface area contributed by atoms with Gasteiger partial charge in [-0.25, -0.2) is 0 Å². The third kappa shape index (κ3) is 3.78. The van der Waals surface area contributed by atoms with E-state index < -0.39 is 8.07 Å². The number of rotatable bonds is 7. The molecule has 116 valence electrons. The molecule has 0 aliphatic carbocycles. The van der Waals surface area contributed by atoms with Gasteiger partial charge >= 0.3 is 0 Å². The molecule has 0 aliphatic heterocycles. The van der Waals surface area contributed by atoms with Crippen LogP contribution >= 0.6 is 0 Å². The minimum atomic E-state index is -1.33. The van der Waals surface area contributed by atoms with Crippen molar-refractivity contribution in [1.82, 2.24) is 0 Å². The van der Waals surface area contributed by atoms with E-state index in [4.69, 9.17) is 0 Å². The molecule has 1 atom stereocenters. The second kappa shape index (κ2) is 8.14. The Morgan fingerprint density at radius 2 is 1.27 bits per heavy atom. The van der Waals surface area contributed by atoms with Gasteiger partial charge in [-0.05, 0) is 16.7 Å². The Balaban J connectivity index is 2.40. The molecule has 0 amide bonds. The highest BCUT2D eigenvalue weighted by molar-refractivity contribution is 6.81. The summed E-state index contributed by atoms with van der Waals surface area (Å²) in [6.45, 7) is 7.18. The summed E-state index contributed by atoms with van der Waals surface area (Å²) in [5.74, 6) is 0. The van der Waals surface area contributed by atoms with Crippen LogP contribution in [0.1, 0.15) is 37.4 Å². The van der Waals surface area contributed by atoms with E-state index >= 15 is 0 Å². The molecule has 0 unspecified atom stereocenters. The molecular formula is C21H28Si. The van der Waals surface area contributed by atoms with Gasteiger partial charge in [-0.3, -0.25) is 0 Å². The lowest BCUT2D eigenvalue weighted by Gasteiger charge is -2.36. The van der Waals surface area contributed by atoms with Crippen LogP contribution < -0.4 is 0 Å². The third-order valence-electron chi connectivity index (χ3n) is 5.21. The zero-order chi connectivity index (χ0) is 15.8. The van der Waals surface area contributed by atoms with Crippen molar-refractivity contribution in [2.75, 3.05) is 0 Å². The second-order valence-electron chi connectivity index (χ2n) is 6.08. The van der Waals surface area contributed by atoms with Crippen molar-refractivity contribution in [1.29, 1.82) is 0 Å². The predicted octanol–water partition coefficient (Wildman–Crippen LogP) is 6.53. The second-order valence-corrected chi connectivity index (χ2v) is 11.5. The van der Waals surface area contributed by atoms with Crippen LogP contribution in [0.2, 0.25) is 18.1 Å². The van der Waals surface area contributed by atoms with E-state index in [1.807, 2.05) is 0 Å². The van der Waals surface area contributed by atoms with E-state index in [1.54, 1.807) is 0 Å². The average Bonchev–Trinajstić information content (AvgIpc) is 2.61. The van der Waals surface area contributed by atoms with Crippen molar-refractivity contribution in [3.8, 4) is 0 Å².